The minimum absolute atomic E-state index is 0.181. The Morgan fingerprint density at radius 3 is 1.61 bits per heavy atom. The Morgan fingerprint density at radius 1 is 0.424 bits per heavy atom. The SMILES string of the molecule is C=C/C=C\C1=C(N(c2ccc3c(c2)C(C)(C)c2ccccc2-3)c2ccccc2-c2ccccc2)C2(c3cc(-c4ccccc4)ccc31)c1ccccc1-c1ccccc12. The van der Waals surface area contributed by atoms with E-state index < -0.39 is 5.41 Å². The second-order valence-corrected chi connectivity index (χ2v) is 16.4. The molecule has 59 heavy (non-hydrogen) atoms. The average Bonchev–Trinajstić information content (AvgIpc) is 3.84. The highest BCUT2D eigenvalue weighted by Crippen LogP contribution is 2.65. The van der Waals surface area contributed by atoms with Crippen molar-refractivity contribution in [1.29, 1.82) is 0 Å². The molecule has 0 N–H and O–H groups in total. The molecule has 11 rings (SSSR count). The molecule has 8 aromatic carbocycles. The predicted molar refractivity (Wildman–Crippen MR) is 248 cm³/mol. The lowest BCUT2D eigenvalue weighted by Crippen LogP contribution is -2.36. The molecule has 0 bridgehead atoms. The molecule has 0 atom stereocenters. The van der Waals surface area contributed by atoms with Gasteiger partial charge in [-0.05, 0) is 96.6 Å². The highest BCUT2D eigenvalue weighted by atomic mass is 15.2. The van der Waals surface area contributed by atoms with Crippen LogP contribution in [0.15, 0.2) is 225 Å². The molecule has 0 aliphatic heterocycles. The Balaban J connectivity index is 1.30. The minimum atomic E-state index is -0.671. The van der Waals surface area contributed by atoms with Gasteiger partial charge in [0.15, 0.2) is 0 Å². The molecule has 0 amide bonds. The van der Waals surface area contributed by atoms with Crippen LogP contribution in [-0.4, -0.2) is 0 Å². The largest absolute Gasteiger partial charge is 0.311 e. The molecule has 0 heterocycles. The van der Waals surface area contributed by atoms with Crippen molar-refractivity contribution >= 4 is 16.9 Å². The van der Waals surface area contributed by atoms with Crippen LogP contribution in [-0.2, 0) is 10.8 Å². The zero-order chi connectivity index (χ0) is 39.7. The fourth-order valence-corrected chi connectivity index (χ4v) is 10.5. The van der Waals surface area contributed by atoms with Crippen molar-refractivity contribution in [2.75, 3.05) is 4.90 Å². The quantitative estimate of drug-likeness (QED) is 0.147. The summed E-state index contributed by atoms with van der Waals surface area (Å²) in [6, 6.07) is 72.1. The van der Waals surface area contributed by atoms with Crippen LogP contribution in [0.5, 0.6) is 0 Å². The molecule has 0 saturated carbocycles. The highest BCUT2D eigenvalue weighted by molar-refractivity contribution is 6.02. The number of anilines is 2. The van der Waals surface area contributed by atoms with Crippen molar-refractivity contribution in [3.05, 3.63) is 258 Å². The Bertz CT molecular complexity index is 2990. The highest BCUT2D eigenvalue weighted by Gasteiger charge is 2.55. The number of fused-ring (bicyclic) bond motifs is 10. The average molecular weight is 754 g/mol. The van der Waals surface area contributed by atoms with Gasteiger partial charge in [-0.1, -0.05) is 209 Å². The van der Waals surface area contributed by atoms with Gasteiger partial charge in [0.25, 0.3) is 0 Å². The van der Waals surface area contributed by atoms with E-state index in [1.165, 1.54) is 89.2 Å². The van der Waals surface area contributed by atoms with E-state index in [1.807, 2.05) is 6.08 Å². The normalized spacial score (nSPS) is 14.8. The van der Waals surface area contributed by atoms with Crippen LogP contribution in [0.4, 0.5) is 11.4 Å². The lowest BCUT2D eigenvalue weighted by Gasteiger charge is -2.41. The summed E-state index contributed by atoms with van der Waals surface area (Å²) in [5.74, 6) is 0. The molecule has 0 saturated heterocycles. The van der Waals surface area contributed by atoms with Crippen LogP contribution in [0.2, 0.25) is 0 Å². The van der Waals surface area contributed by atoms with Crippen molar-refractivity contribution in [2.24, 2.45) is 0 Å². The summed E-state index contributed by atoms with van der Waals surface area (Å²) >= 11 is 0. The van der Waals surface area contributed by atoms with E-state index in [9.17, 15) is 0 Å². The summed E-state index contributed by atoms with van der Waals surface area (Å²) in [5.41, 5.74) is 21.5. The van der Waals surface area contributed by atoms with Gasteiger partial charge in [0.2, 0.25) is 0 Å². The maximum atomic E-state index is 4.18. The fourth-order valence-electron chi connectivity index (χ4n) is 10.5. The Hall–Kier alpha value is -7.22. The number of hydrogen-bond acceptors (Lipinski definition) is 1. The zero-order valence-electron chi connectivity index (χ0n) is 33.4. The van der Waals surface area contributed by atoms with Gasteiger partial charge < -0.3 is 4.90 Å². The molecule has 1 spiro atoms. The van der Waals surface area contributed by atoms with Gasteiger partial charge in [-0.25, -0.2) is 0 Å². The van der Waals surface area contributed by atoms with Crippen molar-refractivity contribution in [1.82, 2.24) is 0 Å². The number of hydrogen-bond donors (Lipinski definition) is 0. The van der Waals surface area contributed by atoms with Gasteiger partial charge in [-0.2, -0.15) is 0 Å². The minimum Gasteiger partial charge on any atom is -0.311 e. The summed E-state index contributed by atoms with van der Waals surface area (Å²) in [6.07, 6.45) is 6.31. The van der Waals surface area contributed by atoms with E-state index in [4.69, 9.17) is 0 Å². The molecule has 0 aromatic heterocycles. The number of benzene rings is 8. The van der Waals surface area contributed by atoms with E-state index in [0.717, 1.165) is 11.4 Å². The third kappa shape index (κ3) is 5.04. The molecular weight excluding hydrogens is 711 g/mol. The lowest BCUT2D eigenvalue weighted by molar-refractivity contribution is 0.660. The second-order valence-electron chi connectivity index (χ2n) is 16.4. The maximum absolute atomic E-state index is 4.18. The van der Waals surface area contributed by atoms with E-state index in [0.29, 0.717) is 0 Å². The second kappa shape index (κ2) is 13.4. The third-order valence-electron chi connectivity index (χ3n) is 13.1. The smallest absolute Gasteiger partial charge is 0.0882 e. The number of para-hydroxylation sites is 1. The molecular formula is C58H43N. The van der Waals surface area contributed by atoms with Crippen LogP contribution in [0, 0.1) is 0 Å². The predicted octanol–water partition coefficient (Wildman–Crippen LogP) is 14.9. The third-order valence-corrected chi connectivity index (χ3v) is 13.1. The molecule has 280 valence electrons. The first-order chi connectivity index (χ1) is 29.0. The summed E-state index contributed by atoms with van der Waals surface area (Å²) in [6.45, 7) is 8.94. The van der Waals surface area contributed by atoms with E-state index in [-0.39, 0.29) is 5.41 Å². The Kier molecular flexibility index (Phi) is 7.97. The first-order valence-electron chi connectivity index (χ1n) is 20.6. The molecule has 3 aliphatic rings. The summed E-state index contributed by atoms with van der Waals surface area (Å²) in [4.78, 5) is 2.62. The molecule has 1 nitrogen and oxygen atoms in total. The first kappa shape index (κ1) is 35.0. The monoisotopic (exact) mass is 753 g/mol. The van der Waals surface area contributed by atoms with E-state index in [2.05, 4.69) is 232 Å². The van der Waals surface area contributed by atoms with Crippen molar-refractivity contribution in [3.63, 3.8) is 0 Å². The van der Waals surface area contributed by atoms with Crippen molar-refractivity contribution < 1.29 is 0 Å². The van der Waals surface area contributed by atoms with Gasteiger partial charge in [-0.15, -0.1) is 0 Å². The van der Waals surface area contributed by atoms with Gasteiger partial charge in [-0.3, -0.25) is 0 Å². The standard InChI is InChI=1S/C58H43N/c1-4-5-24-49-48-35-33-41(39-20-8-6-9-21-39)37-54(48)58(51-30-17-13-27-45(51)46-28-14-18-31-52(46)58)56(49)59(55-32-19-15-25-43(55)40-22-10-7-11-23-40)42-34-36-47-44-26-12-16-29-50(44)57(2,3)53(47)38-42/h4-38H,1H2,2-3H3/b24-5-. The van der Waals surface area contributed by atoms with E-state index in [1.54, 1.807) is 0 Å². The zero-order valence-corrected chi connectivity index (χ0v) is 33.4. The molecule has 0 fully saturated rings. The van der Waals surface area contributed by atoms with Crippen molar-refractivity contribution in [3.8, 4) is 44.5 Å². The van der Waals surface area contributed by atoms with E-state index >= 15 is 0 Å². The lowest BCUT2D eigenvalue weighted by atomic mass is 9.71. The first-order valence-corrected chi connectivity index (χ1v) is 20.6. The van der Waals surface area contributed by atoms with Crippen LogP contribution < -0.4 is 4.90 Å². The summed E-state index contributed by atoms with van der Waals surface area (Å²) in [5, 5.41) is 0. The molecule has 1 heteroatoms. The van der Waals surface area contributed by atoms with Gasteiger partial charge in [0.05, 0.1) is 16.8 Å². The Morgan fingerprint density at radius 2 is 0.949 bits per heavy atom. The molecule has 0 unspecified atom stereocenters. The van der Waals surface area contributed by atoms with Crippen LogP contribution >= 0.6 is 0 Å². The van der Waals surface area contributed by atoms with Crippen LogP contribution in [0.1, 0.15) is 47.2 Å². The number of allylic oxidation sites excluding steroid dienone is 5. The fraction of sp³-hybridized carbons (Fsp3) is 0.0690. The molecule has 0 radical (unpaired) electrons. The molecule has 3 aliphatic carbocycles. The maximum Gasteiger partial charge on any atom is 0.0882 e. The molecule has 8 aromatic rings. The van der Waals surface area contributed by atoms with Crippen LogP contribution in [0.3, 0.4) is 0 Å². The van der Waals surface area contributed by atoms with Gasteiger partial charge in [0.1, 0.15) is 0 Å². The van der Waals surface area contributed by atoms with Crippen LogP contribution in [0.25, 0.3) is 50.1 Å². The summed E-state index contributed by atoms with van der Waals surface area (Å²) < 4.78 is 0. The van der Waals surface area contributed by atoms with Gasteiger partial charge in [0, 0.05) is 22.2 Å². The van der Waals surface area contributed by atoms with Crippen molar-refractivity contribution in [2.45, 2.75) is 24.7 Å². The topological polar surface area (TPSA) is 3.24 Å². The number of rotatable bonds is 7. The number of nitrogens with zero attached hydrogens (tertiary/aromatic N) is 1. The Labute approximate surface area is 347 Å². The summed E-state index contributed by atoms with van der Waals surface area (Å²) in [7, 11) is 0. The van der Waals surface area contributed by atoms with Gasteiger partial charge >= 0.3 is 0 Å².